The number of hydrogen-bond acceptors (Lipinski definition) is 5. The molecule has 1 N–H and O–H groups in total. The highest BCUT2D eigenvalue weighted by Crippen LogP contribution is 2.31. The van der Waals surface area contributed by atoms with E-state index in [0.29, 0.717) is 5.76 Å². The summed E-state index contributed by atoms with van der Waals surface area (Å²) in [5, 5.41) is 3.97. The predicted octanol–water partition coefficient (Wildman–Crippen LogP) is 3.34. The van der Waals surface area contributed by atoms with Gasteiger partial charge in [-0.25, -0.2) is 5.43 Å². The molecular formula is C18H20BrN3O3. The molecule has 0 unspecified atom stereocenters. The summed E-state index contributed by atoms with van der Waals surface area (Å²) >= 11 is 3.51. The molecule has 0 saturated carbocycles. The summed E-state index contributed by atoms with van der Waals surface area (Å²) in [6.07, 6.45) is 4.09. The molecule has 25 heavy (non-hydrogen) atoms. The van der Waals surface area contributed by atoms with Crippen LogP contribution in [-0.4, -0.2) is 32.3 Å². The number of rotatable bonds is 6. The average Bonchev–Trinajstić information content (AvgIpc) is 3.24. The smallest absolute Gasteiger partial charge is 0.244 e. The fourth-order valence-corrected chi connectivity index (χ4v) is 3.31. The highest BCUT2D eigenvalue weighted by Gasteiger charge is 2.19. The van der Waals surface area contributed by atoms with Crippen LogP contribution in [0.25, 0.3) is 0 Å². The van der Waals surface area contributed by atoms with Crippen molar-refractivity contribution in [2.24, 2.45) is 5.10 Å². The van der Waals surface area contributed by atoms with Gasteiger partial charge in [-0.15, -0.1) is 0 Å². The molecule has 1 saturated heterocycles. The molecule has 0 bridgehead atoms. The number of nitrogens with zero attached hydrogens (tertiary/aromatic N) is 2. The second-order valence-electron chi connectivity index (χ2n) is 5.82. The number of hydrogen-bond donors (Lipinski definition) is 1. The highest BCUT2D eigenvalue weighted by molar-refractivity contribution is 9.10. The van der Waals surface area contributed by atoms with E-state index in [9.17, 15) is 4.79 Å². The number of hydrazone groups is 1. The molecule has 7 heteroatoms. The van der Waals surface area contributed by atoms with Crippen molar-refractivity contribution in [3.05, 3.63) is 46.1 Å². The normalized spacial score (nSPS) is 14.2. The summed E-state index contributed by atoms with van der Waals surface area (Å²) in [7, 11) is 1.60. The van der Waals surface area contributed by atoms with E-state index in [4.69, 9.17) is 9.15 Å². The second-order valence-corrected chi connectivity index (χ2v) is 6.67. The Hall–Kier alpha value is -2.28. The minimum atomic E-state index is -0.199. The average molecular weight is 406 g/mol. The summed E-state index contributed by atoms with van der Waals surface area (Å²) in [4.78, 5) is 14.2. The number of ether oxygens (including phenoxy) is 1. The van der Waals surface area contributed by atoms with Crippen LogP contribution in [0.1, 0.15) is 24.2 Å². The molecule has 2 heterocycles. The second kappa shape index (κ2) is 8.20. The number of carbonyl (C=O) groups excluding carboxylic acids is 1. The summed E-state index contributed by atoms with van der Waals surface area (Å²) in [6, 6.07) is 9.25. The van der Waals surface area contributed by atoms with Crippen LogP contribution in [0.15, 0.2) is 44.3 Å². The molecular weight excluding hydrogens is 386 g/mol. The van der Waals surface area contributed by atoms with Crippen LogP contribution in [0.4, 0.5) is 5.88 Å². The number of amides is 1. The first kappa shape index (κ1) is 17.5. The van der Waals surface area contributed by atoms with Crippen molar-refractivity contribution in [3.8, 4) is 5.75 Å². The van der Waals surface area contributed by atoms with Crippen LogP contribution in [0.2, 0.25) is 0 Å². The maximum Gasteiger partial charge on any atom is 0.244 e. The Morgan fingerprint density at radius 2 is 2.20 bits per heavy atom. The van der Waals surface area contributed by atoms with Gasteiger partial charge >= 0.3 is 0 Å². The van der Waals surface area contributed by atoms with Crippen molar-refractivity contribution < 1.29 is 13.9 Å². The molecule has 0 atom stereocenters. The fraction of sp³-hybridized carbons (Fsp3) is 0.333. The zero-order valence-corrected chi connectivity index (χ0v) is 15.6. The van der Waals surface area contributed by atoms with Gasteiger partial charge in [0.05, 0.1) is 24.2 Å². The number of anilines is 1. The Labute approximate surface area is 155 Å². The van der Waals surface area contributed by atoms with Gasteiger partial charge < -0.3 is 14.1 Å². The van der Waals surface area contributed by atoms with Crippen molar-refractivity contribution in [3.63, 3.8) is 0 Å². The van der Waals surface area contributed by atoms with Gasteiger partial charge in [0, 0.05) is 19.2 Å². The maximum absolute atomic E-state index is 12.0. The van der Waals surface area contributed by atoms with Crippen molar-refractivity contribution in [2.75, 3.05) is 25.1 Å². The molecule has 1 aliphatic rings. The third-order valence-corrected chi connectivity index (χ3v) is 4.53. The highest BCUT2D eigenvalue weighted by atomic mass is 79.9. The van der Waals surface area contributed by atoms with E-state index in [-0.39, 0.29) is 12.3 Å². The number of methoxy groups -OCH3 is 1. The van der Waals surface area contributed by atoms with E-state index < -0.39 is 0 Å². The van der Waals surface area contributed by atoms with Gasteiger partial charge in [0.15, 0.2) is 5.76 Å². The van der Waals surface area contributed by atoms with E-state index in [2.05, 4.69) is 31.4 Å². The van der Waals surface area contributed by atoms with Gasteiger partial charge in [0.2, 0.25) is 11.8 Å². The van der Waals surface area contributed by atoms with Gasteiger partial charge in [0.1, 0.15) is 5.75 Å². The molecule has 6 nitrogen and oxygen atoms in total. The molecule has 132 valence electrons. The summed E-state index contributed by atoms with van der Waals surface area (Å²) < 4.78 is 11.8. The molecule has 0 radical (unpaired) electrons. The standard InChI is InChI=1S/C18H20BrN3O3/c1-24-14-6-4-5-13(9-14)10-17(23)21-20-12-15-11-16(19)18(25-15)22-7-2-3-8-22/h4-6,9,11-12H,2-3,7-8,10H2,1H3,(H,21,23)/b20-12+. The zero-order chi connectivity index (χ0) is 17.6. The lowest BCUT2D eigenvalue weighted by Crippen LogP contribution is -2.19. The molecule has 2 aromatic rings. The molecule has 1 aromatic carbocycles. The number of furan rings is 1. The lowest BCUT2D eigenvalue weighted by molar-refractivity contribution is -0.120. The van der Waals surface area contributed by atoms with E-state index in [1.807, 2.05) is 30.3 Å². The van der Waals surface area contributed by atoms with Crippen LogP contribution < -0.4 is 15.1 Å². The Bertz CT molecular complexity index is 767. The van der Waals surface area contributed by atoms with Gasteiger partial charge in [0.25, 0.3) is 0 Å². The largest absolute Gasteiger partial charge is 0.497 e. The van der Waals surface area contributed by atoms with Gasteiger partial charge in [-0.2, -0.15) is 5.10 Å². The first-order valence-electron chi connectivity index (χ1n) is 8.15. The van der Waals surface area contributed by atoms with E-state index in [1.165, 1.54) is 19.1 Å². The third kappa shape index (κ3) is 4.63. The number of carbonyl (C=O) groups is 1. The third-order valence-electron chi connectivity index (χ3n) is 3.96. The van der Waals surface area contributed by atoms with Crippen LogP contribution in [-0.2, 0) is 11.2 Å². The minimum absolute atomic E-state index is 0.199. The van der Waals surface area contributed by atoms with Crippen LogP contribution in [0.3, 0.4) is 0 Å². The van der Waals surface area contributed by atoms with Crippen LogP contribution >= 0.6 is 15.9 Å². The topological polar surface area (TPSA) is 67.1 Å². The number of halogens is 1. The molecule has 3 rings (SSSR count). The fourth-order valence-electron chi connectivity index (χ4n) is 2.75. The molecule has 1 aliphatic heterocycles. The van der Waals surface area contributed by atoms with Crippen molar-refractivity contribution in [2.45, 2.75) is 19.3 Å². The number of nitrogens with one attached hydrogen (secondary N) is 1. The summed E-state index contributed by atoms with van der Waals surface area (Å²) in [6.45, 7) is 2.00. The van der Waals surface area contributed by atoms with E-state index in [1.54, 1.807) is 7.11 Å². The van der Waals surface area contributed by atoms with Gasteiger partial charge in [-0.3, -0.25) is 4.79 Å². The van der Waals surface area contributed by atoms with Gasteiger partial charge in [-0.1, -0.05) is 12.1 Å². The Balaban J connectivity index is 1.55. The lowest BCUT2D eigenvalue weighted by Gasteiger charge is -2.13. The monoisotopic (exact) mass is 405 g/mol. The minimum Gasteiger partial charge on any atom is -0.497 e. The summed E-state index contributed by atoms with van der Waals surface area (Å²) in [5.74, 6) is 1.94. The van der Waals surface area contributed by atoms with Crippen molar-refractivity contribution in [1.29, 1.82) is 0 Å². The van der Waals surface area contributed by atoms with E-state index in [0.717, 1.165) is 34.8 Å². The SMILES string of the molecule is COc1cccc(CC(=O)N/N=C/c2cc(Br)c(N3CCCC3)o2)c1. The molecule has 1 aromatic heterocycles. The Kier molecular flexibility index (Phi) is 5.75. The van der Waals surface area contributed by atoms with Crippen molar-refractivity contribution >= 4 is 33.9 Å². The quantitative estimate of drug-likeness (QED) is 0.590. The van der Waals surface area contributed by atoms with Crippen LogP contribution in [0.5, 0.6) is 5.75 Å². The molecule has 1 amide bonds. The Morgan fingerprint density at radius 1 is 1.40 bits per heavy atom. The lowest BCUT2D eigenvalue weighted by atomic mass is 10.1. The first-order valence-corrected chi connectivity index (χ1v) is 8.94. The first-order chi connectivity index (χ1) is 12.2. The molecule has 0 spiro atoms. The predicted molar refractivity (Wildman–Crippen MR) is 100 cm³/mol. The molecule has 0 aliphatic carbocycles. The maximum atomic E-state index is 12.0. The Morgan fingerprint density at radius 3 is 2.96 bits per heavy atom. The van der Waals surface area contributed by atoms with E-state index >= 15 is 0 Å². The van der Waals surface area contributed by atoms with Crippen LogP contribution in [0, 0.1) is 0 Å². The number of benzene rings is 1. The summed E-state index contributed by atoms with van der Waals surface area (Å²) in [5.41, 5.74) is 3.38. The van der Waals surface area contributed by atoms with Crippen molar-refractivity contribution in [1.82, 2.24) is 5.43 Å². The zero-order valence-electron chi connectivity index (χ0n) is 14.0. The van der Waals surface area contributed by atoms with Gasteiger partial charge in [-0.05, 0) is 46.5 Å². The molecule has 1 fully saturated rings.